The Kier molecular flexibility index (Phi) is 2.06. The summed E-state index contributed by atoms with van der Waals surface area (Å²) in [5.41, 5.74) is 0. The van der Waals surface area contributed by atoms with E-state index in [2.05, 4.69) is 5.32 Å². The minimum absolute atomic E-state index is 0.127. The van der Waals surface area contributed by atoms with Crippen LogP contribution in [-0.2, 0) is 14.4 Å². The average Bonchev–Trinajstić information content (AvgIpc) is 2.13. The maximum absolute atomic E-state index is 10.7. The van der Waals surface area contributed by atoms with Gasteiger partial charge in [-0.15, -0.1) is 0 Å². The molecule has 1 rings (SSSR count). The standard InChI is InChI=1S/C5H5NO3S/c7-2-6-3-1-4(8)10-5(3)9/h2-3H,1H2,(H,6,7)/t3-/m0/s1. The van der Waals surface area contributed by atoms with Crippen molar-refractivity contribution in [3.8, 4) is 0 Å². The van der Waals surface area contributed by atoms with Crippen molar-refractivity contribution in [1.29, 1.82) is 0 Å². The molecule has 54 valence electrons. The highest BCUT2D eigenvalue weighted by Gasteiger charge is 2.31. The van der Waals surface area contributed by atoms with Crippen LogP contribution in [0.3, 0.4) is 0 Å². The summed E-state index contributed by atoms with van der Waals surface area (Å²) in [6.45, 7) is 0. The molecule has 1 heterocycles. The molecule has 0 spiro atoms. The fourth-order valence-electron chi connectivity index (χ4n) is 0.684. The first kappa shape index (κ1) is 7.27. The minimum Gasteiger partial charge on any atom is -0.347 e. The molecule has 1 aliphatic heterocycles. The van der Waals surface area contributed by atoms with Gasteiger partial charge < -0.3 is 5.32 Å². The number of carbonyl (C=O) groups excluding carboxylic acids is 3. The summed E-state index contributed by atoms with van der Waals surface area (Å²) < 4.78 is 0. The second-order valence-corrected chi connectivity index (χ2v) is 2.90. The lowest BCUT2D eigenvalue weighted by Crippen LogP contribution is -2.30. The zero-order chi connectivity index (χ0) is 7.56. The molecule has 1 fully saturated rings. The molecule has 0 unspecified atom stereocenters. The molecule has 1 saturated heterocycles. The van der Waals surface area contributed by atoms with E-state index in [0.717, 1.165) is 0 Å². The molecule has 0 aromatic carbocycles. The van der Waals surface area contributed by atoms with Crippen LogP contribution in [0.25, 0.3) is 0 Å². The molecule has 0 bridgehead atoms. The quantitative estimate of drug-likeness (QED) is 0.541. The van der Waals surface area contributed by atoms with Crippen molar-refractivity contribution in [1.82, 2.24) is 5.32 Å². The van der Waals surface area contributed by atoms with Crippen molar-refractivity contribution in [3.63, 3.8) is 0 Å². The maximum Gasteiger partial charge on any atom is 0.219 e. The monoisotopic (exact) mass is 159 g/mol. The second kappa shape index (κ2) is 2.83. The number of amides is 1. The molecule has 0 aliphatic carbocycles. The summed E-state index contributed by atoms with van der Waals surface area (Å²) in [6.07, 6.45) is 0.559. The van der Waals surface area contributed by atoms with Crippen LogP contribution in [0, 0.1) is 0 Å². The SMILES string of the molecule is O=CN[C@H]1CC(=O)SC1=O. The van der Waals surface area contributed by atoms with E-state index in [4.69, 9.17) is 0 Å². The highest BCUT2D eigenvalue weighted by molar-refractivity contribution is 8.26. The second-order valence-electron chi connectivity index (χ2n) is 1.83. The molecule has 1 amide bonds. The Labute approximate surface area is 61.4 Å². The van der Waals surface area contributed by atoms with Crippen LogP contribution < -0.4 is 5.32 Å². The van der Waals surface area contributed by atoms with Crippen molar-refractivity contribution in [2.24, 2.45) is 0 Å². The third kappa shape index (κ3) is 1.36. The largest absolute Gasteiger partial charge is 0.347 e. The maximum atomic E-state index is 10.7. The van der Waals surface area contributed by atoms with Crippen molar-refractivity contribution in [2.45, 2.75) is 12.5 Å². The highest BCUT2D eigenvalue weighted by Crippen LogP contribution is 2.20. The van der Waals surface area contributed by atoms with Gasteiger partial charge in [-0.05, 0) is 11.8 Å². The highest BCUT2D eigenvalue weighted by atomic mass is 32.2. The predicted octanol–water partition coefficient (Wildman–Crippen LogP) is -0.709. The van der Waals surface area contributed by atoms with Gasteiger partial charge in [-0.3, -0.25) is 14.4 Å². The van der Waals surface area contributed by atoms with Gasteiger partial charge in [0.25, 0.3) is 0 Å². The van der Waals surface area contributed by atoms with Crippen LogP contribution in [0.1, 0.15) is 6.42 Å². The lowest BCUT2D eigenvalue weighted by atomic mass is 10.2. The van der Waals surface area contributed by atoms with E-state index in [1.165, 1.54) is 0 Å². The van der Waals surface area contributed by atoms with Crippen molar-refractivity contribution in [3.05, 3.63) is 0 Å². The summed E-state index contributed by atoms with van der Waals surface area (Å²) >= 11 is 0.669. The lowest BCUT2D eigenvalue weighted by Gasteiger charge is -2.00. The summed E-state index contributed by atoms with van der Waals surface area (Å²) in [4.78, 5) is 31.0. The number of hydrogen-bond donors (Lipinski definition) is 1. The molecule has 4 nitrogen and oxygen atoms in total. The van der Waals surface area contributed by atoms with Crippen LogP contribution in [0.5, 0.6) is 0 Å². The van der Waals surface area contributed by atoms with E-state index in [-0.39, 0.29) is 16.7 Å². The number of carbonyl (C=O) groups is 3. The lowest BCUT2D eigenvalue weighted by molar-refractivity contribution is -0.117. The minimum atomic E-state index is -0.588. The van der Waals surface area contributed by atoms with Crippen LogP contribution in [0.2, 0.25) is 0 Å². The summed E-state index contributed by atoms with van der Waals surface area (Å²) in [5.74, 6) is 0. The Hall–Kier alpha value is -0.840. The molecular weight excluding hydrogens is 154 g/mol. The van der Waals surface area contributed by atoms with Gasteiger partial charge in [0.1, 0.15) is 6.04 Å². The van der Waals surface area contributed by atoms with Crippen LogP contribution in [0.15, 0.2) is 0 Å². The molecule has 0 saturated carbocycles. The Morgan fingerprint density at radius 2 is 2.30 bits per heavy atom. The van der Waals surface area contributed by atoms with Crippen LogP contribution >= 0.6 is 11.8 Å². The fourth-order valence-corrected chi connectivity index (χ4v) is 1.45. The van der Waals surface area contributed by atoms with Gasteiger partial charge in [-0.1, -0.05) is 0 Å². The smallest absolute Gasteiger partial charge is 0.219 e. The molecule has 1 aliphatic rings. The first-order valence-corrected chi connectivity index (χ1v) is 3.50. The number of hydrogen-bond acceptors (Lipinski definition) is 4. The average molecular weight is 159 g/mol. The fraction of sp³-hybridized carbons (Fsp3) is 0.400. The van der Waals surface area contributed by atoms with Gasteiger partial charge in [-0.25, -0.2) is 0 Å². The summed E-state index contributed by atoms with van der Waals surface area (Å²) in [5, 5.41) is 1.81. The van der Waals surface area contributed by atoms with E-state index in [1.54, 1.807) is 0 Å². The Morgan fingerprint density at radius 3 is 2.70 bits per heavy atom. The van der Waals surface area contributed by atoms with Gasteiger partial charge in [0.2, 0.25) is 11.5 Å². The first-order chi connectivity index (χ1) is 4.74. The van der Waals surface area contributed by atoms with Crippen LogP contribution in [-0.4, -0.2) is 22.7 Å². The van der Waals surface area contributed by atoms with Crippen molar-refractivity contribution < 1.29 is 14.4 Å². The van der Waals surface area contributed by atoms with E-state index in [0.29, 0.717) is 18.2 Å². The zero-order valence-electron chi connectivity index (χ0n) is 4.99. The van der Waals surface area contributed by atoms with E-state index < -0.39 is 6.04 Å². The van der Waals surface area contributed by atoms with Gasteiger partial charge in [0.05, 0.1) is 0 Å². The molecule has 0 radical (unpaired) electrons. The van der Waals surface area contributed by atoms with Gasteiger partial charge in [-0.2, -0.15) is 0 Å². The first-order valence-electron chi connectivity index (χ1n) is 2.68. The number of rotatable bonds is 2. The Balaban J connectivity index is 2.54. The zero-order valence-corrected chi connectivity index (χ0v) is 5.81. The number of nitrogens with one attached hydrogen (secondary N) is 1. The van der Waals surface area contributed by atoms with E-state index in [1.807, 2.05) is 0 Å². The predicted molar refractivity (Wildman–Crippen MR) is 35.2 cm³/mol. The normalized spacial score (nSPS) is 25.0. The molecule has 0 aromatic heterocycles. The molecular formula is C5H5NO3S. The van der Waals surface area contributed by atoms with E-state index in [9.17, 15) is 14.4 Å². The van der Waals surface area contributed by atoms with Crippen LogP contribution in [0.4, 0.5) is 0 Å². The summed E-state index contributed by atoms with van der Waals surface area (Å²) in [6, 6.07) is -0.588. The summed E-state index contributed by atoms with van der Waals surface area (Å²) in [7, 11) is 0. The van der Waals surface area contributed by atoms with E-state index >= 15 is 0 Å². The number of thioether (sulfide) groups is 1. The molecule has 10 heavy (non-hydrogen) atoms. The Bertz CT molecular complexity index is 191. The molecule has 1 atom stereocenters. The van der Waals surface area contributed by atoms with Crippen molar-refractivity contribution >= 4 is 28.4 Å². The van der Waals surface area contributed by atoms with Gasteiger partial charge in [0.15, 0.2) is 5.12 Å². The third-order valence-corrected chi connectivity index (χ3v) is 2.02. The van der Waals surface area contributed by atoms with Gasteiger partial charge in [0, 0.05) is 6.42 Å². The Morgan fingerprint density at radius 1 is 1.60 bits per heavy atom. The van der Waals surface area contributed by atoms with Gasteiger partial charge >= 0.3 is 0 Å². The third-order valence-electron chi connectivity index (χ3n) is 1.14. The molecule has 1 N–H and O–H groups in total. The molecule has 0 aromatic rings. The topological polar surface area (TPSA) is 63.2 Å². The van der Waals surface area contributed by atoms with Crippen molar-refractivity contribution in [2.75, 3.05) is 0 Å². The molecule has 5 heteroatoms.